The minimum atomic E-state index is -0.481. The molecule has 1 aliphatic rings. The lowest BCUT2D eigenvalue weighted by atomic mass is 9.88. The molecule has 1 aliphatic carbocycles. The Morgan fingerprint density at radius 1 is 1.05 bits per heavy atom. The third-order valence-corrected chi connectivity index (χ3v) is 4.22. The molecule has 1 atom stereocenters. The van der Waals surface area contributed by atoms with Gasteiger partial charge in [-0.25, -0.2) is 8.78 Å². The van der Waals surface area contributed by atoms with E-state index < -0.39 is 11.6 Å². The number of hydrogen-bond donors (Lipinski definition) is 1. The van der Waals surface area contributed by atoms with Gasteiger partial charge in [-0.15, -0.1) is 0 Å². The van der Waals surface area contributed by atoms with Crippen molar-refractivity contribution >= 4 is 0 Å². The molecule has 1 aromatic carbocycles. The fraction of sp³-hybridized carbons (Fsp3) is 0.625. The summed E-state index contributed by atoms with van der Waals surface area (Å²) < 4.78 is 26.5. The second-order valence-electron chi connectivity index (χ2n) is 5.63. The predicted molar refractivity (Wildman–Crippen MR) is 74.1 cm³/mol. The summed E-state index contributed by atoms with van der Waals surface area (Å²) in [4.78, 5) is 0. The van der Waals surface area contributed by atoms with Crippen LogP contribution >= 0.6 is 0 Å². The second kappa shape index (κ2) is 6.99. The molecule has 0 heterocycles. The first-order chi connectivity index (χ1) is 9.19. The number of rotatable bonds is 4. The molecule has 1 saturated carbocycles. The molecule has 1 aromatic rings. The summed E-state index contributed by atoms with van der Waals surface area (Å²) in [6.45, 7) is 0. The van der Waals surface area contributed by atoms with E-state index in [0.29, 0.717) is 18.4 Å². The summed E-state index contributed by atoms with van der Waals surface area (Å²) in [5, 5.41) is 3.34. The van der Waals surface area contributed by atoms with E-state index in [2.05, 4.69) is 5.32 Å². The van der Waals surface area contributed by atoms with E-state index in [9.17, 15) is 8.78 Å². The SMILES string of the molecule is CNC(Cc1cc(F)cc(F)c1)C1CCCCCC1. The molecule has 0 amide bonds. The van der Waals surface area contributed by atoms with Gasteiger partial charge in [-0.2, -0.15) is 0 Å². The monoisotopic (exact) mass is 267 g/mol. The quantitative estimate of drug-likeness (QED) is 0.811. The van der Waals surface area contributed by atoms with Crippen molar-refractivity contribution < 1.29 is 8.78 Å². The van der Waals surface area contributed by atoms with E-state index in [1.54, 1.807) is 0 Å². The number of likely N-dealkylation sites (N-methyl/N-ethyl adjacent to an activating group) is 1. The molecule has 3 heteroatoms. The number of hydrogen-bond acceptors (Lipinski definition) is 1. The highest BCUT2D eigenvalue weighted by Gasteiger charge is 2.21. The summed E-state index contributed by atoms with van der Waals surface area (Å²) in [5.41, 5.74) is 0.751. The normalized spacial score (nSPS) is 19.1. The molecule has 0 spiro atoms. The van der Waals surface area contributed by atoms with E-state index in [0.717, 1.165) is 11.6 Å². The van der Waals surface area contributed by atoms with Crippen molar-refractivity contribution in [3.05, 3.63) is 35.4 Å². The van der Waals surface area contributed by atoms with Crippen molar-refractivity contribution in [2.24, 2.45) is 5.92 Å². The van der Waals surface area contributed by atoms with E-state index in [1.165, 1.54) is 50.7 Å². The first-order valence-electron chi connectivity index (χ1n) is 7.31. The fourth-order valence-corrected chi connectivity index (χ4v) is 3.20. The lowest BCUT2D eigenvalue weighted by Crippen LogP contribution is -2.35. The number of halogens is 2. The van der Waals surface area contributed by atoms with Gasteiger partial charge in [-0.05, 0) is 49.9 Å². The van der Waals surface area contributed by atoms with Gasteiger partial charge >= 0.3 is 0 Å². The van der Waals surface area contributed by atoms with E-state index >= 15 is 0 Å². The molecular weight excluding hydrogens is 244 g/mol. The Balaban J connectivity index is 2.04. The largest absolute Gasteiger partial charge is 0.316 e. The Morgan fingerprint density at radius 3 is 2.16 bits per heavy atom. The van der Waals surface area contributed by atoms with Gasteiger partial charge in [0.2, 0.25) is 0 Å². The zero-order chi connectivity index (χ0) is 13.7. The van der Waals surface area contributed by atoms with Crippen LogP contribution in [0.15, 0.2) is 18.2 Å². The third-order valence-electron chi connectivity index (χ3n) is 4.22. The van der Waals surface area contributed by atoms with Gasteiger partial charge in [-0.1, -0.05) is 25.7 Å². The molecule has 0 bridgehead atoms. The lowest BCUT2D eigenvalue weighted by Gasteiger charge is -2.26. The van der Waals surface area contributed by atoms with Crippen molar-refractivity contribution in [3.8, 4) is 0 Å². The van der Waals surface area contributed by atoms with Crippen molar-refractivity contribution in [2.45, 2.75) is 51.0 Å². The molecule has 19 heavy (non-hydrogen) atoms. The van der Waals surface area contributed by atoms with Gasteiger partial charge in [-0.3, -0.25) is 0 Å². The van der Waals surface area contributed by atoms with Crippen LogP contribution in [0.4, 0.5) is 8.78 Å². The maximum atomic E-state index is 13.2. The minimum Gasteiger partial charge on any atom is -0.316 e. The Hall–Kier alpha value is -0.960. The van der Waals surface area contributed by atoms with Crippen LogP contribution in [-0.2, 0) is 6.42 Å². The third kappa shape index (κ3) is 4.27. The van der Waals surface area contributed by atoms with Crippen LogP contribution in [0.25, 0.3) is 0 Å². The maximum Gasteiger partial charge on any atom is 0.126 e. The Morgan fingerprint density at radius 2 is 1.63 bits per heavy atom. The van der Waals surface area contributed by atoms with Crippen LogP contribution in [0, 0.1) is 17.6 Å². The van der Waals surface area contributed by atoms with Crippen LogP contribution in [0.3, 0.4) is 0 Å². The molecule has 1 unspecified atom stereocenters. The van der Waals surface area contributed by atoms with Gasteiger partial charge in [0.25, 0.3) is 0 Å². The van der Waals surface area contributed by atoms with Crippen LogP contribution in [0.2, 0.25) is 0 Å². The van der Waals surface area contributed by atoms with Crippen molar-refractivity contribution in [1.82, 2.24) is 5.32 Å². The zero-order valence-electron chi connectivity index (χ0n) is 11.6. The van der Waals surface area contributed by atoms with E-state index in [-0.39, 0.29) is 0 Å². The van der Waals surface area contributed by atoms with Crippen LogP contribution in [-0.4, -0.2) is 13.1 Å². The molecule has 106 valence electrons. The second-order valence-corrected chi connectivity index (χ2v) is 5.63. The molecule has 0 aliphatic heterocycles. The molecule has 0 saturated heterocycles. The summed E-state index contributed by atoms with van der Waals surface area (Å²) in [6.07, 6.45) is 8.35. The summed E-state index contributed by atoms with van der Waals surface area (Å²) >= 11 is 0. The van der Waals surface area contributed by atoms with Crippen LogP contribution < -0.4 is 5.32 Å². The molecule has 0 radical (unpaired) electrons. The number of nitrogens with one attached hydrogen (secondary N) is 1. The average Bonchev–Trinajstić information content (AvgIpc) is 2.63. The van der Waals surface area contributed by atoms with Gasteiger partial charge < -0.3 is 5.32 Å². The van der Waals surface area contributed by atoms with Gasteiger partial charge in [0.05, 0.1) is 0 Å². The first kappa shape index (κ1) is 14.4. The lowest BCUT2D eigenvalue weighted by molar-refractivity contribution is 0.332. The smallest absolute Gasteiger partial charge is 0.126 e. The highest BCUT2D eigenvalue weighted by Crippen LogP contribution is 2.27. The average molecular weight is 267 g/mol. The summed E-state index contributed by atoms with van der Waals surface area (Å²) in [7, 11) is 1.95. The van der Waals surface area contributed by atoms with Crippen molar-refractivity contribution in [1.29, 1.82) is 0 Å². The van der Waals surface area contributed by atoms with Gasteiger partial charge in [0, 0.05) is 12.1 Å². The Labute approximate surface area is 114 Å². The Bertz CT molecular complexity index is 377. The fourth-order valence-electron chi connectivity index (χ4n) is 3.20. The molecule has 1 N–H and O–H groups in total. The van der Waals surface area contributed by atoms with E-state index in [1.807, 2.05) is 7.05 Å². The zero-order valence-corrected chi connectivity index (χ0v) is 11.6. The van der Waals surface area contributed by atoms with Crippen molar-refractivity contribution in [3.63, 3.8) is 0 Å². The number of benzene rings is 1. The standard InChI is InChI=1S/C16H23F2N/c1-19-16(13-6-4-2-3-5-7-13)10-12-8-14(17)11-15(18)9-12/h8-9,11,13,16,19H,2-7,10H2,1H3. The highest BCUT2D eigenvalue weighted by atomic mass is 19.1. The molecule has 1 nitrogen and oxygen atoms in total. The van der Waals surface area contributed by atoms with Gasteiger partial charge in [0.15, 0.2) is 0 Å². The topological polar surface area (TPSA) is 12.0 Å². The van der Waals surface area contributed by atoms with E-state index in [4.69, 9.17) is 0 Å². The highest BCUT2D eigenvalue weighted by molar-refractivity contribution is 5.19. The molecule has 2 rings (SSSR count). The minimum absolute atomic E-state index is 0.319. The maximum absolute atomic E-state index is 13.2. The molecule has 1 fully saturated rings. The molecule has 0 aromatic heterocycles. The predicted octanol–water partition coefficient (Wildman–Crippen LogP) is 4.07. The van der Waals surface area contributed by atoms with Gasteiger partial charge in [0.1, 0.15) is 11.6 Å². The Kier molecular flexibility index (Phi) is 5.32. The van der Waals surface area contributed by atoms with Crippen LogP contribution in [0.5, 0.6) is 0 Å². The summed E-state index contributed by atoms with van der Waals surface area (Å²) in [5.74, 6) is -0.338. The summed E-state index contributed by atoms with van der Waals surface area (Å²) in [6, 6.07) is 4.15. The van der Waals surface area contributed by atoms with Crippen LogP contribution in [0.1, 0.15) is 44.1 Å². The molecular formula is C16H23F2N. The first-order valence-corrected chi connectivity index (χ1v) is 7.31. The van der Waals surface area contributed by atoms with Crippen molar-refractivity contribution in [2.75, 3.05) is 7.05 Å².